The maximum absolute atomic E-state index is 12.4. The van der Waals surface area contributed by atoms with Crippen molar-refractivity contribution >= 4 is 29.3 Å². The van der Waals surface area contributed by atoms with Gasteiger partial charge in [0.05, 0.1) is 18.8 Å². The molecule has 0 aliphatic carbocycles. The number of rotatable bonds is 5. The van der Waals surface area contributed by atoms with Crippen molar-refractivity contribution in [3.05, 3.63) is 28.8 Å². The predicted molar refractivity (Wildman–Crippen MR) is 92.1 cm³/mol. The van der Waals surface area contributed by atoms with E-state index in [0.717, 1.165) is 37.2 Å². The zero-order chi connectivity index (χ0) is 16.2. The Balaban J connectivity index is 1.56. The van der Waals surface area contributed by atoms with Crippen molar-refractivity contribution in [3.8, 4) is 0 Å². The first-order valence-electron chi connectivity index (χ1n) is 8.09. The number of hydrogen-bond donors (Lipinski definition) is 1. The van der Waals surface area contributed by atoms with Crippen LogP contribution in [0.4, 0.5) is 0 Å². The predicted octanol–water partition coefficient (Wildman–Crippen LogP) is 3.58. The Kier molecular flexibility index (Phi) is 5.85. The van der Waals surface area contributed by atoms with Gasteiger partial charge in [0.2, 0.25) is 5.91 Å². The van der Waals surface area contributed by atoms with Crippen LogP contribution in [0, 0.1) is 0 Å². The highest BCUT2D eigenvalue weighted by atomic mass is 35.5. The third-order valence-corrected chi connectivity index (χ3v) is 5.61. The van der Waals surface area contributed by atoms with Gasteiger partial charge in [0.15, 0.2) is 0 Å². The van der Waals surface area contributed by atoms with E-state index in [1.165, 1.54) is 4.90 Å². The molecule has 0 aromatic heterocycles. The second-order valence-electron chi connectivity index (χ2n) is 5.99. The summed E-state index contributed by atoms with van der Waals surface area (Å²) in [5.74, 6) is 0.913. The minimum atomic E-state index is -0.476. The molecule has 1 N–H and O–H groups in total. The van der Waals surface area contributed by atoms with E-state index in [1.54, 1.807) is 18.7 Å². The molecule has 6 heteroatoms. The Morgan fingerprint density at radius 1 is 1.52 bits per heavy atom. The van der Waals surface area contributed by atoms with Gasteiger partial charge in [-0.1, -0.05) is 11.6 Å². The molecule has 2 heterocycles. The largest absolute Gasteiger partial charge is 0.376 e. The van der Waals surface area contributed by atoms with Crippen LogP contribution in [0.15, 0.2) is 23.1 Å². The van der Waals surface area contributed by atoms with E-state index < -0.39 is 6.10 Å². The summed E-state index contributed by atoms with van der Waals surface area (Å²) in [7, 11) is 0. The second-order valence-corrected chi connectivity index (χ2v) is 7.56. The van der Waals surface area contributed by atoms with Crippen LogP contribution in [0.2, 0.25) is 5.02 Å². The molecule has 1 fully saturated rings. The first-order chi connectivity index (χ1) is 11.1. The van der Waals surface area contributed by atoms with Crippen LogP contribution < -0.4 is 5.32 Å². The Hall–Kier alpha value is -0.750. The summed E-state index contributed by atoms with van der Waals surface area (Å²) in [6.07, 6.45) is 2.65. The number of carbonyl (C=O) groups excluding carboxylic acids is 1. The molecule has 3 rings (SSSR count). The first kappa shape index (κ1) is 17.1. The van der Waals surface area contributed by atoms with E-state index in [2.05, 4.69) is 5.32 Å². The summed E-state index contributed by atoms with van der Waals surface area (Å²) in [4.78, 5) is 13.6. The summed E-state index contributed by atoms with van der Waals surface area (Å²) in [5.41, 5.74) is 1.11. The molecule has 2 aliphatic heterocycles. The molecular weight excluding hydrogens is 334 g/mol. The number of fused-ring (bicyclic) bond motifs is 1. The normalized spacial score (nSPS) is 25.0. The molecular formula is C17H22ClNO3S. The number of amides is 1. The smallest absolute Gasteiger partial charge is 0.249 e. The van der Waals surface area contributed by atoms with Crippen LogP contribution in [0.5, 0.6) is 0 Å². The Morgan fingerprint density at radius 3 is 3.17 bits per heavy atom. The van der Waals surface area contributed by atoms with E-state index in [9.17, 15) is 4.79 Å². The van der Waals surface area contributed by atoms with Gasteiger partial charge in [0.1, 0.15) is 6.10 Å². The van der Waals surface area contributed by atoms with Gasteiger partial charge in [-0.15, -0.1) is 11.8 Å². The molecule has 2 aliphatic rings. The van der Waals surface area contributed by atoms with Crippen molar-refractivity contribution in [2.75, 3.05) is 19.0 Å². The van der Waals surface area contributed by atoms with Gasteiger partial charge < -0.3 is 14.8 Å². The fourth-order valence-electron chi connectivity index (χ4n) is 2.91. The number of carbonyl (C=O) groups is 1. The summed E-state index contributed by atoms with van der Waals surface area (Å²) in [6, 6.07) is 5.88. The average molecular weight is 356 g/mol. The number of halogens is 1. The van der Waals surface area contributed by atoms with Crippen LogP contribution in [0.3, 0.4) is 0 Å². The van der Waals surface area contributed by atoms with Crippen molar-refractivity contribution in [2.24, 2.45) is 0 Å². The fraction of sp³-hybridized carbons (Fsp3) is 0.588. The van der Waals surface area contributed by atoms with E-state index in [1.807, 2.05) is 18.2 Å². The summed E-state index contributed by atoms with van der Waals surface area (Å²) < 4.78 is 11.2. The zero-order valence-electron chi connectivity index (χ0n) is 13.2. The van der Waals surface area contributed by atoms with Gasteiger partial charge in [-0.05, 0) is 49.9 Å². The van der Waals surface area contributed by atoms with Crippen molar-refractivity contribution in [3.63, 3.8) is 0 Å². The minimum absolute atomic E-state index is 0.00577. The summed E-state index contributed by atoms with van der Waals surface area (Å²) in [6.45, 7) is 3.07. The number of ether oxygens (including phenoxy) is 2. The van der Waals surface area contributed by atoms with Crippen molar-refractivity contribution in [1.82, 2.24) is 5.32 Å². The Morgan fingerprint density at radius 2 is 2.39 bits per heavy atom. The van der Waals surface area contributed by atoms with Crippen LogP contribution in [-0.4, -0.2) is 37.1 Å². The standard InChI is InChI=1S/C17H22ClNO3S/c1-11(22-10-13-3-2-7-21-13)17(20)19-15-6-8-23-16-5-4-12(18)9-14(15)16/h4-5,9,11,13,15H,2-3,6-8,10H2,1H3,(H,19,20)/t11-,13+,15-/m0/s1. The Labute approximate surface area is 146 Å². The highest BCUT2D eigenvalue weighted by Crippen LogP contribution is 2.37. The fourth-order valence-corrected chi connectivity index (χ4v) is 4.19. The first-order valence-corrected chi connectivity index (χ1v) is 9.45. The van der Waals surface area contributed by atoms with Crippen LogP contribution >= 0.6 is 23.4 Å². The van der Waals surface area contributed by atoms with Crippen LogP contribution in [-0.2, 0) is 14.3 Å². The highest BCUT2D eigenvalue weighted by molar-refractivity contribution is 7.99. The minimum Gasteiger partial charge on any atom is -0.376 e. The van der Waals surface area contributed by atoms with E-state index in [0.29, 0.717) is 11.6 Å². The number of nitrogens with one attached hydrogen (secondary N) is 1. The lowest BCUT2D eigenvalue weighted by atomic mass is 10.0. The molecule has 0 bridgehead atoms. The van der Waals surface area contributed by atoms with Gasteiger partial charge in [0.25, 0.3) is 0 Å². The highest BCUT2D eigenvalue weighted by Gasteiger charge is 2.26. The Bertz CT molecular complexity index is 563. The molecule has 0 unspecified atom stereocenters. The molecule has 1 saturated heterocycles. The maximum atomic E-state index is 12.4. The van der Waals surface area contributed by atoms with Gasteiger partial charge in [-0.3, -0.25) is 4.79 Å². The molecule has 4 nitrogen and oxygen atoms in total. The topological polar surface area (TPSA) is 47.6 Å². The molecule has 1 aromatic carbocycles. The number of hydrogen-bond acceptors (Lipinski definition) is 4. The molecule has 23 heavy (non-hydrogen) atoms. The molecule has 0 spiro atoms. The molecule has 126 valence electrons. The lowest BCUT2D eigenvalue weighted by Gasteiger charge is -2.27. The lowest BCUT2D eigenvalue weighted by Crippen LogP contribution is -2.39. The molecule has 1 aromatic rings. The third-order valence-electron chi connectivity index (χ3n) is 4.25. The van der Waals surface area contributed by atoms with E-state index >= 15 is 0 Å². The SMILES string of the molecule is C[C@H](OC[C@H]1CCCO1)C(=O)N[C@H]1CCSc2ccc(Cl)cc21. The van der Waals surface area contributed by atoms with E-state index in [-0.39, 0.29) is 18.1 Å². The quantitative estimate of drug-likeness (QED) is 0.877. The van der Waals surface area contributed by atoms with E-state index in [4.69, 9.17) is 21.1 Å². The molecule has 0 saturated carbocycles. The van der Waals surface area contributed by atoms with Gasteiger partial charge >= 0.3 is 0 Å². The summed E-state index contributed by atoms with van der Waals surface area (Å²) >= 11 is 7.91. The van der Waals surface area contributed by atoms with Crippen LogP contribution in [0.1, 0.15) is 37.8 Å². The third kappa shape index (κ3) is 4.41. The monoisotopic (exact) mass is 355 g/mol. The number of benzene rings is 1. The van der Waals surface area contributed by atoms with Gasteiger partial charge in [-0.25, -0.2) is 0 Å². The maximum Gasteiger partial charge on any atom is 0.249 e. The van der Waals surface area contributed by atoms with Crippen molar-refractivity contribution in [2.45, 2.75) is 49.3 Å². The van der Waals surface area contributed by atoms with Crippen molar-refractivity contribution in [1.29, 1.82) is 0 Å². The molecule has 3 atom stereocenters. The number of thioether (sulfide) groups is 1. The summed E-state index contributed by atoms with van der Waals surface area (Å²) in [5, 5.41) is 3.80. The average Bonchev–Trinajstić information content (AvgIpc) is 3.06. The van der Waals surface area contributed by atoms with Crippen molar-refractivity contribution < 1.29 is 14.3 Å². The molecule has 1 amide bonds. The lowest BCUT2D eigenvalue weighted by molar-refractivity contribution is -0.134. The van der Waals surface area contributed by atoms with Gasteiger partial charge in [0, 0.05) is 22.3 Å². The zero-order valence-corrected chi connectivity index (χ0v) is 14.8. The van der Waals surface area contributed by atoms with Crippen LogP contribution in [0.25, 0.3) is 0 Å². The van der Waals surface area contributed by atoms with Gasteiger partial charge in [-0.2, -0.15) is 0 Å². The molecule has 0 radical (unpaired) electrons. The second kappa shape index (κ2) is 7.88.